The van der Waals surface area contributed by atoms with Gasteiger partial charge in [-0.05, 0) is 6.42 Å². The van der Waals surface area contributed by atoms with Gasteiger partial charge < -0.3 is 4.74 Å². The third-order valence-electron chi connectivity index (χ3n) is 1.93. The maximum absolute atomic E-state index is 8.65. The van der Waals surface area contributed by atoms with Crippen LogP contribution in [0.25, 0.3) is 0 Å². The summed E-state index contributed by atoms with van der Waals surface area (Å²) in [7, 11) is 0. The van der Waals surface area contributed by atoms with E-state index >= 15 is 0 Å². The molecule has 1 aromatic rings. The van der Waals surface area contributed by atoms with Crippen LogP contribution in [0.15, 0.2) is 30.3 Å². The molecule has 0 aliphatic heterocycles. The van der Waals surface area contributed by atoms with Gasteiger partial charge in [0.2, 0.25) is 6.29 Å². The predicted molar refractivity (Wildman–Crippen MR) is 53.8 cm³/mol. The molecular weight excluding hydrogens is 180 g/mol. The fourth-order valence-corrected chi connectivity index (χ4v) is 1.13. The maximum Gasteiger partial charge on any atom is 0.217 e. The summed E-state index contributed by atoms with van der Waals surface area (Å²) in [4.78, 5) is 4.26. The fraction of sp³-hybridized carbons (Fsp3) is 0.455. The number of ether oxygens (including phenoxy) is 1. The van der Waals surface area contributed by atoms with Crippen LogP contribution >= 0.6 is 0 Å². The predicted octanol–water partition coefficient (Wildman–Crippen LogP) is 2.99. The van der Waals surface area contributed by atoms with Crippen LogP contribution in [0.5, 0.6) is 0 Å². The first-order valence-corrected chi connectivity index (χ1v) is 4.85. The Hall–Kier alpha value is -0.900. The average molecular weight is 196 g/mol. The lowest BCUT2D eigenvalue weighted by molar-refractivity contribution is -0.351. The van der Waals surface area contributed by atoms with Crippen molar-refractivity contribution in [3.05, 3.63) is 35.9 Å². The number of benzene rings is 1. The summed E-state index contributed by atoms with van der Waals surface area (Å²) in [6.45, 7) is 2.68. The highest BCUT2D eigenvalue weighted by molar-refractivity contribution is 5.15. The van der Waals surface area contributed by atoms with Gasteiger partial charge in [0, 0.05) is 5.56 Å². The highest BCUT2D eigenvalue weighted by atomic mass is 17.1. The van der Waals surface area contributed by atoms with E-state index in [1.165, 1.54) is 0 Å². The van der Waals surface area contributed by atoms with Crippen LogP contribution in [0.2, 0.25) is 0 Å². The van der Waals surface area contributed by atoms with Crippen molar-refractivity contribution in [2.75, 3.05) is 6.61 Å². The SMILES string of the molecule is CCCCOC(OO)c1ccccc1. The van der Waals surface area contributed by atoms with Crippen molar-refractivity contribution in [3.8, 4) is 0 Å². The largest absolute Gasteiger partial charge is 0.346 e. The second kappa shape index (κ2) is 6.54. The second-order valence-electron chi connectivity index (χ2n) is 3.07. The van der Waals surface area contributed by atoms with E-state index in [0.717, 1.165) is 18.4 Å². The molecule has 0 heterocycles. The molecule has 0 aliphatic carbocycles. The fourth-order valence-electron chi connectivity index (χ4n) is 1.13. The lowest BCUT2D eigenvalue weighted by Gasteiger charge is -2.14. The average Bonchev–Trinajstić information content (AvgIpc) is 2.26. The molecule has 3 heteroatoms. The molecule has 1 N–H and O–H groups in total. The normalized spacial score (nSPS) is 12.7. The third kappa shape index (κ3) is 3.46. The molecule has 0 bridgehead atoms. The molecule has 0 saturated heterocycles. The van der Waals surface area contributed by atoms with Crippen molar-refractivity contribution < 1.29 is 14.9 Å². The molecular formula is C11H16O3. The second-order valence-corrected chi connectivity index (χ2v) is 3.07. The molecule has 1 aromatic carbocycles. The van der Waals surface area contributed by atoms with Gasteiger partial charge in [0.25, 0.3) is 0 Å². The molecule has 14 heavy (non-hydrogen) atoms. The molecule has 1 atom stereocenters. The molecule has 3 nitrogen and oxygen atoms in total. The molecule has 0 saturated carbocycles. The summed E-state index contributed by atoms with van der Waals surface area (Å²) in [5.74, 6) is 0. The van der Waals surface area contributed by atoms with E-state index in [1.807, 2.05) is 30.3 Å². The lowest BCUT2D eigenvalue weighted by atomic mass is 10.2. The first kappa shape index (κ1) is 11.2. The Morgan fingerprint density at radius 2 is 2.00 bits per heavy atom. The van der Waals surface area contributed by atoms with Crippen molar-refractivity contribution in [2.24, 2.45) is 0 Å². The Morgan fingerprint density at radius 3 is 2.57 bits per heavy atom. The van der Waals surface area contributed by atoms with E-state index in [4.69, 9.17) is 9.99 Å². The summed E-state index contributed by atoms with van der Waals surface area (Å²) in [6.07, 6.45) is 1.36. The van der Waals surface area contributed by atoms with Gasteiger partial charge in [0.1, 0.15) is 0 Å². The first-order valence-electron chi connectivity index (χ1n) is 4.85. The van der Waals surface area contributed by atoms with Gasteiger partial charge in [-0.25, -0.2) is 10.1 Å². The summed E-state index contributed by atoms with van der Waals surface area (Å²) in [5.41, 5.74) is 0.825. The summed E-state index contributed by atoms with van der Waals surface area (Å²) in [5, 5.41) is 8.65. The minimum atomic E-state index is -0.664. The van der Waals surface area contributed by atoms with Crippen molar-refractivity contribution in [3.63, 3.8) is 0 Å². The van der Waals surface area contributed by atoms with Crippen molar-refractivity contribution in [1.29, 1.82) is 0 Å². The van der Waals surface area contributed by atoms with E-state index < -0.39 is 6.29 Å². The van der Waals surface area contributed by atoms with Gasteiger partial charge in [0.15, 0.2) is 0 Å². The van der Waals surface area contributed by atoms with E-state index in [1.54, 1.807) is 0 Å². The Bertz CT molecular complexity index is 236. The molecule has 0 aliphatic rings. The third-order valence-corrected chi connectivity index (χ3v) is 1.93. The highest BCUT2D eigenvalue weighted by Gasteiger charge is 2.10. The van der Waals surface area contributed by atoms with E-state index in [9.17, 15) is 0 Å². The van der Waals surface area contributed by atoms with E-state index in [-0.39, 0.29) is 0 Å². The first-order chi connectivity index (χ1) is 6.88. The zero-order valence-electron chi connectivity index (χ0n) is 8.35. The van der Waals surface area contributed by atoms with Crippen molar-refractivity contribution in [2.45, 2.75) is 26.1 Å². The number of rotatable bonds is 6. The van der Waals surface area contributed by atoms with Gasteiger partial charge in [-0.1, -0.05) is 43.7 Å². The molecule has 78 valence electrons. The minimum Gasteiger partial charge on any atom is -0.346 e. The number of hydrogen-bond acceptors (Lipinski definition) is 3. The minimum absolute atomic E-state index is 0.594. The Kier molecular flexibility index (Phi) is 5.22. The molecule has 1 unspecified atom stereocenters. The quantitative estimate of drug-likeness (QED) is 0.329. The summed E-state index contributed by atoms with van der Waals surface area (Å²) >= 11 is 0. The number of hydrogen-bond donors (Lipinski definition) is 1. The highest BCUT2D eigenvalue weighted by Crippen LogP contribution is 2.17. The van der Waals surface area contributed by atoms with Crippen molar-refractivity contribution in [1.82, 2.24) is 0 Å². The van der Waals surface area contributed by atoms with Crippen molar-refractivity contribution >= 4 is 0 Å². The monoisotopic (exact) mass is 196 g/mol. The molecule has 1 rings (SSSR count). The van der Waals surface area contributed by atoms with Crippen LogP contribution in [0.3, 0.4) is 0 Å². The summed E-state index contributed by atoms with van der Waals surface area (Å²) in [6, 6.07) is 9.37. The molecule has 0 amide bonds. The lowest BCUT2D eigenvalue weighted by Crippen LogP contribution is -2.07. The Labute approximate surface area is 84.2 Å². The van der Waals surface area contributed by atoms with E-state index in [0.29, 0.717) is 6.61 Å². The van der Waals surface area contributed by atoms with E-state index in [2.05, 4.69) is 11.8 Å². The standard InChI is InChI=1S/C11H16O3/c1-2-3-9-13-11(14-12)10-7-5-4-6-8-10/h4-8,11-12H,2-3,9H2,1H3. The van der Waals surface area contributed by atoms with Crippen LogP contribution in [0.1, 0.15) is 31.6 Å². The zero-order valence-corrected chi connectivity index (χ0v) is 8.35. The molecule has 0 fully saturated rings. The van der Waals surface area contributed by atoms with Gasteiger partial charge in [-0.3, -0.25) is 0 Å². The molecule has 0 radical (unpaired) electrons. The van der Waals surface area contributed by atoms with Gasteiger partial charge in [-0.2, -0.15) is 0 Å². The van der Waals surface area contributed by atoms with Crippen LogP contribution < -0.4 is 0 Å². The van der Waals surface area contributed by atoms with Crippen LogP contribution in [-0.4, -0.2) is 11.9 Å². The van der Waals surface area contributed by atoms with Gasteiger partial charge in [-0.15, -0.1) is 0 Å². The van der Waals surface area contributed by atoms with Gasteiger partial charge >= 0.3 is 0 Å². The smallest absolute Gasteiger partial charge is 0.217 e. The Morgan fingerprint density at radius 1 is 1.29 bits per heavy atom. The van der Waals surface area contributed by atoms with Crippen LogP contribution in [-0.2, 0) is 9.62 Å². The number of unbranched alkanes of at least 4 members (excludes halogenated alkanes) is 1. The molecule has 0 spiro atoms. The van der Waals surface area contributed by atoms with Crippen LogP contribution in [0.4, 0.5) is 0 Å². The summed E-state index contributed by atoms with van der Waals surface area (Å²) < 4.78 is 5.35. The maximum atomic E-state index is 8.65. The van der Waals surface area contributed by atoms with Crippen LogP contribution in [0, 0.1) is 0 Å². The Balaban J connectivity index is 2.46. The topological polar surface area (TPSA) is 38.7 Å². The molecule has 0 aromatic heterocycles. The zero-order chi connectivity index (χ0) is 10.2. The van der Waals surface area contributed by atoms with Gasteiger partial charge in [0.05, 0.1) is 6.61 Å².